The number of aromatic carboxylic acids is 1. The molecule has 1 saturated carbocycles. The third kappa shape index (κ3) is 3.42. The van der Waals surface area contributed by atoms with Crippen molar-refractivity contribution < 1.29 is 19.5 Å². The van der Waals surface area contributed by atoms with Crippen LogP contribution in [0.3, 0.4) is 0 Å². The highest BCUT2D eigenvalue weighted by Crippen LogP contribution is 2.60. The number of likely N-dealkylation sites (tertiary alicyclic amines) is 2. The van der Waals surface area contributed by atoms with Gasteiger partial charge in [0.15, 0.2) is 0 Å². The molecule has 2 aliphatic heterocycles. The Morgan fingerprint density at radius 1 is 1.00 bits per heavy atom. The van der Waals surface area contributed by atoms with Crippen LogP contribution in [0.4, 0.5) is 0 Å². The third-order valence-electron chi connectivity index (χ3n) is 6.43. The SMILES string of the molecule is O=C(O)c1ccc(C(=O)N2CCC3(CC2)CC3C(=O)N2CCCCC2)cn1. The number of nitrogens with zero attached hydrogens (tertiary/aromatic N) is 3. The largest absolute Gasteiger partial charge is 0.477 e. The van der Waals surface area contributed by atoms with Gasteiger partial charge in [-0.15, -0.1) is 0 Å². The molecule has 1 unspecified atom stereocenters. The molecule has 1 atom stereocenters. The highest BCUT2D eigenvalue weighted by Gasteiger charge is 2.59. The van der Waals surface area contributed by atoms with E-state index in [4.69, 9.17) is 5.11 Å². The minimum Gasteiger partial charge on any atom is -0.477 e. The molecule has 1 aromatic heterocycles. The molecule has 144 valence electrons. The maximum absolute atomic E-state index is 12.7. The maximum Gasteiger partial charge on any atom is 0.354 e. The Kier molecular flexibility index (Phi) is 4.61. The van der Waals surface area contributed by atoms with Gasteiger partial charge in [-0.3, -0.25) is 9.59 Å². The number of aromatic nitrogens is 1. The molecule has 1 aliphatic carbocycles. The van der Waals surface area contributed by atoms with Gasteiger partial charge in [0.25, 0.3) is 5.91 Å². The fraction of sp³-hybridized carbons (Fsp3) is 0.600. The first-order chi connectivity index (χ1) is 13.0. The van der Waals surface area contributed by atoms with Gasteiger partial charge in [-0.05, 0) is 56.1 Å². The number of carbonyl (C=O) groups is 3. The van der Waals surface area contributed by atoms with E-state index < -0.39 is 5.97 Å². The molecular weight excluding hydrogens is 346 g/mol. The minimum atomic E-state index is -1.10. The lowest BCUT2D eigenvalue weighted by Gasteiger charge is -2.34. The zero-order chi connectivity index (χ0) is 19.0. The molecule has 3 heterocycles. The van der Waals surface area contributed by atoms with E-state index in [2.05, 4.69) is 4.98 Å². The van der Waals surface area contributed by atoms with E-state index in [1.54, 1.807) is 4.90 Å². The van der Waals surface area contributed by atoms with E-state index >= 15 is 0 Å². The maximum atomic E-state index is 12.7. The number of hydrogen-bond donors (Lipinski definition) is 1. The van der Waals surface area contributed by atoms with Gasteiger partial charge in [-0.25, -0.2) is 9.78 Å². The highest BCUT2D eigenvalue weighted by atomic mass is 16.4. The van der Waals surface area contributed by atoms with Crippen molar-refractivity contribution in [3.05, 3.63) is 29.6 Å². The number of carbonyl (C=O) groups excluding carboxylic acids is 2. The predicted molar refractivity (Wildman–Crippen MR) is 97.3 cm³/mol. The number of carboxylic acids is 1. The first kappa shape index (κ1) is 17.9. The van der Waals surface area contributed by atoms with E-state index in [-0.39, 0.29) is 22.9 Å². The summed E-state index contributed by atoms with van der Waals surface area (Å²) in [4.78, 5) is 43.9. The number of amides is 2. The summed E-state index contributed by atoms with van der Waals surface area (Å²) in [6.07, 6.45) is 7.46. The molecule has 4 rings (SSSR count). The highest BCUT2D eigenvalue weighted by molar-refractivity contribution is 5.95. The van der Waals surface area contributed by atoms with Gasteiger partial charge in [0.2, 0.25) is 5.91 Å². The normalized spacial score (nSPS) is 23.9. The van der Waals surface area contributed by atoms with Crippen LogP contribution in [0.1, 0.15) is 59.4 Å². The van der Waals surface area contributed by atoms with Crippen molar-refractivity contribution in [3.8, 4) is 0 Å². The summed E-state index contributed by atoms with van der Waals surface area (Å²) in [5.74, 6) is -0.756. The lowest BCUT2D eigenvalue weighted by Crippen LogP contribution is -2.42. The molecule has 0 aromatic carbocycles. The average Bonchev–Trinajstić information content (AvgIpc) is 3.41. The Labute approximate surface area is 158 Å². The number of rotatable bonds is 3. The van der Waals surface area contributed by atoms with Gasteiger partial charge < -0.3 is 14.9 Å². The molecule has 7 heteroatoms. The fourth-order valence-corrected chi connectivity index (χ4v) is 4.57. The van der Waals surface area contributed by atoms with Crippen molar-refractivity contribution in [2.24, 2.45) is 11.3 Å². The van der Waals surface area contributed by atoms with Gasteiger partial charge in [0, 0.05) is 38.3 Å². The van der Waals surface area contributed by atoms with Gasteiger partial charge in [0.1, 0.15) is 5.69 Å². The van der Waals surface area contributed by atoms with E-state index in [0.717, 1.165) is 45.2 Å². The average molecular weight is 371 g/mol. The smallest absolute Gasteiger partial charge is 0.354 e. The Morgan fingerprint density at radius 3 is 2.30 bits per heavy atom. The molecule has 0 radical (unpaired) electrons. The fourth-order valence-electron chi connectivity index (χ4n) is 4.57. The van der Waals surface area contributed by atoms with E-state index in [9.17, 15) is 14.4 Å². The molecule has 1 spiro atoms. The Morgan fingerprint density at radius 2 is 1.70 bits per heavy atom. The van der Waals surface area contributed by atoms with Crippen molar-refractivity contribution in [3.63, 3.8) is 0 Å². The van der Waals surface area contributed by atoms with Crippen LogP contribution in [-0.4, -0.2) is 63.9 Å². The summed E-state index contributed by atoms with van der Waals surface area (Å²) in [6.45, 7) is 3.08. The molecule has 3 fully saturated rings. The van der Waals surface area contributed by atoms with Crippen molar-refractivity contribution in [1.82, 2.24) is 14.8 Å². The summed E-state index contributed by atoms with van der Waals surface area (Å²) in [7, 11) is 0. The van der Waals surface area contributed by atoms with Crippen LogP contribution >= 0.6 is 0 Å². The van der Waals surface area contributed by atoms with Crippen LogP contribution in [0.25, 0.3) is 0 Å². The first-order valence-electron chi connectivity index (χ1n) is 9.78. The lowest BCUT2D eigenvalue weighted by molar-refractivity contribution is -0.134. The van der Waals surface area contributed by atoms with Crippen molar-refractivity contribution in [1.29, 1.82) is 0 Å². The van der Waals surface area contributed by atoms with Gasteiger partial charge in [-0.2, -0.15) is 0 Å². The number of piperidine rings is 2. The van der Waals surface area contributed by atoms with Crippen molar-refractivity contribution in [2.45, 2.75) is 38.5 Å². The topological polar surface area (TPSA) is 90.8 Å². The van der Waals surface area contributed by atoms with Crippen LogP contribution in [0.15, 0.2) is 18.3 Å². The van der Waals surface area contributed by atoms with E-state index in [0.29, 0.717) is 24.6 Å². The third-order valence-corrected chi connectivity index (χ3v) is 6.43. The molecule has 7 nitrogen and oxygen atoms in total. The lowest BCUT2D eigenvalue weighted by atomic mass is 9.90. The summed E-state index contributed by atoms with van der Waals surface area (Å²) >= 11 is 0. The Balaban J connectivity index is 1.33. The summed E-state index contributed by atoms with van der Waals surface area (Å²) in [5, 5.41) is 8.90. The second kappa shape index (κ2) is 6.94. The molecule has 2 saturated heterocycles. The zero-order valence-electron chi connectivity index (χ0n) is 15.4. The van der Waals surface area contributed by atoms with Gasteiger partial charge in [0.05, 0.1) is 5.56 Å². The molecule has 1 aromatic rings. The van der Waals surface area contributed by atoms with Gasteiger partial charge >= 0.3 is 5.97 Å². The monoisotopic (exact) mass is 371 g/mol. The number of pyridine rings is 1. The van der Waals surface area contributed by atoms with Crippen LogP contribution in [0.5, 0.6) is 0 Å². The van der Waals surface area contributed by atoms with Crippen molar-refractivity contribution >= 4 is 17.8 Å². The van der Waals surface area contributed by atoms with E-state index in [1.165, 1.54) is 24.8 Å². The van der Waals surface area contributed by atoms with Crippen LogP contribution in [0, 0.1) is 11.3 Å². The Bertz CT molecular complexity index is 747. The van der Waals surface area contributed by atoms with Crippen molar-refractivity contribution in [2.75, 3.05) is 26.2 Å². The van der Waals surface area contributed by atoms with Gasteiger partial charge in [-0.1, -0.05) is 0 Å². The number of carboxylic acid groups (broad SMARTS) is 1. The zero-order valence-corrected chi connectivity index (χ0v) is 15.4. The molecular formula is C20H25N3O4. The second-order valence-electron chi connectivity index (χ2n) is 8.03. The summed E-state index contributed by atoms with van der Waals surface area (Å²) in [5.41, 5.74) is 0.436. The quantitative estimate of drug-likeness (QED) is 0.878. The summed E-state index contributed by atoms with van der Waals surface area (Å²) < 4.78 is 0. The summed E-state index contributed by atoms with van der Waals surface area (Å²) in [6, 6.07) is 2.87. The van der Waals surface area contributed by atoms with Crippen LogP contribution in [-0.2, 0) is 4.79 Å². The standard InChI is InChI=1S/C20H25N3O4/c24-17(14-4-5-16(19(26)27)21-13-14)23-10-6-20(7-11-23)12-15(20)18(25)22-8-2-1-3-9-22/h4-5,13,15H,1-3,6-12H2,(H,26,27). The molecule has 27 heavy (non-hydrogen) atoms. The predicted octanol–water partition coefficient (Wildman–Crippen LogP) is 2.03. The Hall–Kier alpha value is -2.44. The van der Waals surface area contributed by atoms with Crippen LogP contribution in [0.2, 0.25) is 0 Å². The van der Waals surface area contributed by atoms with Crippen LogP contribution < -0.4 is 0 Å². The molecule has 2 amide bonds. The molecule has 0 bridgehead atoms. The first-order valence-corrected chi connectivity index (χ1v) is 9.78. The number of hydrogen-bond acceptors (Lipinski definition) is 4. The molecule has 1 N–H and O–H groups in total. The molecule has 3 aliphatic rings. The second-order valence-corrected chi connectivity index (χ2v) is 8.03. The minimum absolute atomic E-state index is 0.0683. The van der Waals surface area contributed by atoms with E-state index in [1.807, 2.05) is 4.90 Å².